The van der Waals surface area contributed by atoms with Gasteiger partial charge in [-0.2, -0.15) is 11.8 Å². The number of imide groups is 1. The van der Waals surface area contributed by atoms with E-state index in [0.29, 0.717) is 5.75 Å². The molecule has 2 aromatic rings. The third-order valence-corrected chi connectivity index (χ3v) is 5.00. The number of carbonyl (C=O) groups is 3. The predicted octanol–water partition coefficient (Wildman–Crippen LogP) is 2.95. The third kappa shape index (κ3) is 3.74. The highest BCUT2D eigenvalue weighted by atomic mass is 32.2. The second-order valence-electron chi connectivity index (χ2n) is 6.12. The summed E-state index contributed by atoms with van der Waals surface area (Å²) in [5.74, 6) is -1.04. The first kappa shape index (κ1) is 19.6. The summed E-state index contributed by atoms with van der Waals surface area (Å²) in [6, 6.07) is 10.9. The lowest BCUT2D eigenvalue weighted by molar-refractivity contribution is -0.384. The summed E-state index contributed by atoms with van der Waals surface area (Å²) >= 11 is 1.49. The van der Waals surface area contributed by atoms with Crippen molar-refractivity contribution < 1.29 is 19.3 Å². The SMILES string of the molecule is CSCCC(C(=O)Nc1cccc([N+](=O)[O-])c1)N1C(=O)c2ccccc2C1=O. The van der Waals surface area contributed by atoms with Gasteiger partial charge in [0.05, 0.1) is 16.1 Å². The van der Waals surface area contributed by atoms with E-state index in [9.17, 15) is 24.5 Å². The van der Waals surface area contributed by atoms with Crippen molar-refractivity contribution in [1.29, 1.82) is 0 Å². The Kier molecular flexibility index (Phi) is 5.74. The Morgan fingerprint density at radius 2 is 1.79 bits per heavy atom. The zero-order valence-corrected chi connectivity index (χ0v) is 15.8. The topological polar surface area (TPSA) is 110 Å². The fourth-order valence-electron chi connectivity index (χ4n) is 3.02. The quantitative estimate of drug-likeness (QED) is 0.435. The van der Waals surface area contributed by atoms with Crippen LogP contribution in [0.3, 0.4) is 0 Å². The number of hydrogen-bond acceptors (Lipinski definition) is 6. The van der Waals surface area contributed by atoms with Crippen molar-refractivity contribution in [2.45, 2.75) is 12.5 Å². The number of nitro benzene ring substituents is 1. The van der Waals surface area contributed by atoms with Crippen molar-refractivity contribution in [3.8, 4) is 0 Å². The number of nitrogens with one attached hydrogen (secondary N) is 1. The number of benzene rings is 2. The molecule has 1 atom stereocenters. The van der Waals surface area contributed by atoms with Crippen LogP contribution in [0.5, 0.6) is 0 Å². The number of amides is 3. The standard InChI is InChI=1S/C19H17N3O5S/c1-28-10-9-16(17(23)20-12-5-4-6-13(11-12)22(26)27)21-18(24)14-7-2-3-8-15(14)19(21)25/h2-8,11,16H,9-10H2,1H3,(H,20,23). The molecule has 3 amide bonds. The molecule has 0 spiro atoms. The number of anilines is 1. The lowest BCUT2D eigenvalue weighted by Gasteiger charge is -2.25. The van der Waals surface area contributed by atoms with E-state index in [1.54, 1.807) is 24.3 Å². The Labute approximate surface area is 165 Å². The van der Waals surface area contributed by atoms with Crippen molar-refractivity contribution in [1.82, 2.24) is 4.90 Å². The van der Waals surface area contributed by atoms with Crippen molar-refractivity contribution >= 4 is 40.9 Å². The van der Waals surface area contributed by atoms with Crippen molar-refractivity contribution in [3.05, 3.63) is 69.8 Å². The molecule has 1 aliphatic heterocycles. The van der Waals surface area contributed by atoms with Gasteiger partial charge in [-0.15, -0.1) is 0 Å². The van der Waals surface area contributed by atoms with Gasteiger partial charge in [0, 0.05) is 17.8 Å². The maximum absolute atomic E-state index is 12.9. The van der Waals surface area contributed by atoms with Crippen LogP contribution in [0.25, 0.3) is 0 Å². The smallest absolute Gasteiger partial charge is 0.271 e. The molecule has 0 fully saturated rings. The summed E-state index contributed by atoms with van der Waals surface area (Å²) in [4.78, 5) is 49.7. The summed E-state index contributed by atoms with van der Waals surface area (Å²) in [6.07, 6.45) is 2.13. The molecule has 9 heteroatoms. The van der Waals surface area contributed by atoms with Gasteiger partial charge in [0.1, 0.15) is 6.04 Å². The molecule has 0 radical (unpaired) electrons. The molecule has 1 aliphatic rings. The van der Waals surface area contributed by atoms with E-state index in [1.165, 1.54) is 36.0 Å². The second-order valence-corrected chi connectivity index (χ2v) is 7.11. The molecule has 28 heavy (non-hydrogen) atoms. The van der Waals surface area contributed by atoms with Crippen LogP contribution in [0.15, 0.2) is 48.5 Å². The van der Waals surface area contributed by atoms with Gasteiger partial charge in [-0.05, 0) is 36.6 Å². The number of rotatable bonds is 7. The number of hydrogen-bond donors (Lipinski definition) is 1. The first-order valence-electron chi connectivity index (χ1n) is 8.45. The van der Waals surface area contributed by atoms with Gasteiger partial charge >= 0.3 is 0 Å². The van der Waals surface area contributed by atoms with Crippen LogP contribution in [0.1, 0.15) is 27.1 Å². The van der Waals surface area contributed by atoms with Crippen LogP contribution in [-0.2, 0) is 4.79 Å². The number of nitrogens with zero attached hydrogens (tertiary/aromatic N) is 2. The first-order valence-corrected chi connectivity index (χ1v) is 9.84. The molecule has 1 unspecified atom stereocenters. The fourth-order valence-corrected chi connectivity index (χ4v) is 3.48. The molecule has 0 saturated heterocycles. The molecule has 8 nitrogen and oxygen atoms in total. The van der Waals surface area contributed by atoms with Crippen LogP contribution in [0.2, 0.25) is 0 Å². The van der Waals surface area contributed by atoms with Gasteiger partial charge in [0.15, 0.2) is 0 Å². The lowest BCUT2D eigenvalue weighted by Crippen LogP contribution is -2.47. The molecule has 3 rings (SSSR count). The van der Waals surface area contributed by atoms with Gasteiger partial charge < -0.3 is 5.32 Å². The Bertz CT molecular complexity index is 927. The summed E-state index contributed by atoms with van der Waals surface area (Å²) in [6.45, 7) is 0. The third-order valence-electron chi connectivity index (χ3n) is 4.36. The minimum atomic E-state index is -1.01. The monoisotopic (exact) mass is 399 g/mol. The molecule has 2 aromatic carbocycles. The minimum Gasteiger partial charge on any atom is -0.324 e. The lowest BCUT2D eigenvalue weighted by atomic mass is 10.1. The van der Waals surface area contributed by atoms with E-state index in [1.807, 2.05) is 6.26 Å². The van der Waals surface area contributed by atoms with E-state index in [2.05, 4.69) is 5.32 Å². The van der Waals surface area contributed by atoms with Crippen molar-refractivity contribution in [3.63, 3.8) is 0 Å². The number of carbonyl (C=O) groups excluding carboxylic acids is 3. The Balaban J connectivity index is 1.87. The summed E-state index contributed by atoms with van der Waals surface area (Å²) in [5.41, 5.74) is 0.596. The molecule has 144 valence electrons. The van der Waals surface area contributed by atoms with Crippen LogP contribution in [-0.4, -0.2) is 45.6 Å². The summed E-state index contributed by atoms with van der Waals surface area (Å²) in [5, 5.41) is 13.5. The van der Waals surface area contributed by atoms with E-state index >= 15 is 0 Å². The van der Waals surface area contributed by atoms with Gasteiger partial charge in [-0.3, -0.25) is 29.4 Å². The summed E-state index contributed by atoms with van der Waals surface area (Å²) in [7, 11) is 0. The molecule has 0 aromatic heterocycles. The van der Waals surface area contributed by atoms with E-state index in [-0.39, 0.29) is 28.9 Å². The first-order chi connectivity index (χ1) is 13.4. The molecular formula is C19H17N3O5S. The predicted molar refractivity (Wildman–Crippen MR) is 105 cm³/mol. The average molecular weight is 399 g/mol. The number of non-ortho nitro benzene ring substituents is 1. The number of thioether (sulfide) groups is 1. The van der Waals surface area contributed by atoms with Crippen molar-refractivity contribution in [2.75, 3.05) is 17.3 Å². The van der Waals surface area contributed by atoms with Crippen LogP contribution in [0, 0.1) is 10.1 Å². The molecule has 0 aliphatic carbocycles. The largest absolute Gasteiger partial charge is 0.324 e. The zero-order valence-electron chi connectivity index (χ0n) is 15.0. The minimum absolute atomic E-state index is 0.167. The molecule has 1 N–H and O–H groups in total. The maximum Gasteiger partial charge on any atom is 0.271 e. The highest BCUT2D eigenvalue weighted by Crippen LogP contribution is 2.27. The van der Waals surface area contributed by atoms with Crippen LogP contribution >= 0.6 is 11.8 Å². The number of fused-ring (bicyclic) bond motifs is 1. The van der Waals surface area contributed by atoms with E-state index < -0.39 is 28.7 Å². The van der Waals surface area contributed by atoms with Gasteiger partial charge in [-0.25, -0.2) is 0 Å². The van der Waals surface area contributed by atoms with Crippen LogP contribution < -0.4 is 5.32 Å². The fraction of sp³-hybridized carbons (Fsp3) is 0.211. The molecule has 0 saturated carbocycles. The van der Waals surface area contributed by atoms with Crippen LogP contribution in [0.4, 0.5) is 11.4 Å². The van der Waals surface area contributed by atoms with Gasteiger partial charge in [0.2, 0.25) is 5.91 Å². The van der Waals surface area contributed by atoms with Gasteiger partial charge in [-0.1, -0.05) is 18.2 Å². The number of nitro groups is 1. The maximum atomic E-state index is 12.9. The van der Waals surface area contributed by atoms with E-state index in [4.69, 9.17) is 0 Å². The van der Waals surface area contributed by atoms with Gasteiger partial charge in [0.25, 0.3) is 17.5 Å². The highest BCUT2D eigenvalue weighted by molar-refractivity contribution is 7.98. The zero-order chi connectivity index (χ0) is 20.3. The Hall–Kier alpha value is -3.20. The normalized spacial score (nSPS) is 14.0. The average Bonchev–Trinajstić information content (AvgIpc) is 2.94. The molecule has 1 heterocycles. The van der Waals surface area contributed by atoms with Crippen molar-refractivity contribution in [2.24, 2.45) is 0 Å². The summed E-state index contributed by atoms with van der Waals surface area (Å²) < 4.78 is 0. The second kappa shape index (κ2) is 8.22. The Morgan fingerprint density at radius 1 is 1.14 bits per heavy atom. The Morgan fingerprint density at radius 3 is 2.36 bits per heavy atom. The highest BCUT2D eigenvalue weighted by Gasteiger charge is 2.42. The molecule has 0 bridgehead atoms. The molecular weight excluding hydrogens is 382 g/mol. The van der Waals surface area contributed by atoms with E-state index in [0.717, 1.165) is 4.90 Å².